The average molecular weight is 500 g/mol. The van der Waals surface area contributed by atoms with Crippen molar-refractivity contribution in [3.63, 3.8) is 0 Å². The second-order valence-electron chi connectivity index (χ2n) is 8.19. The van der Waals surface area contributed by atoms with Crippen LogP contribution in [-0.4, -0.2) is 38.7 Å². The first kappa shape index (κ1) is 26.7. The van der Waals surface area contributed by atoms with Crippen molar-refractivity contribution in [2.24, 2.45) is 9.98 Å². The van der Waals surface area contributed by atoms with Crippen LogP contribution in [0.4, 0.5) is 0 Å². The van der Waals surface area contributed by atoms with Gasteiger partial charge >= 0.3 is 17.1 Å². The molecule has 0 amide bonds. The van der Waals surface area contributed by atoms with E-state index in [1.807, 2.05) is 12.1 Å². The molecule has 0 saturated heterocycles. The Morgan fingerprint density at radius 2 is 1.06 bits per heavy atom. The van der Waals surface area contributed by atoms with Crippen LogP contribution in [0.3, 0.4) is 0 Å². The van der Waals surface area contributed by atoms with Gasteiger partial charge in [0, 0.05) is 24.5 Å². The standard InChI is InChI=1S/2C13H17NO2.Cu/c2*1-16-12-8-4-5-10(13(12)15)9-14-11-6-2-3-7-11;/h2*4-5,8-9,11,15H,2-3,6-7H2,1H3;/q;;+2/p-2. The molecule has 7 heteroatoms. The predicted molar refractivity (Wildman–Crippen MR) is 125 cm³/mol. The van der Waals surface area contributed by atoms with Gasteiger partial charge in [0.15, 0.2) is 0 Å². The fourth-order valence-corrected chi connectivity index (χ4v) is 4.07. The Hall–Kier alpha value is -2.50. The molecule has 1 radical (unpaired) electrons. The van der Waals surface area contributed by atoms with Gasteiger partial charge in [-0.1, -0.05) is 61.4 Å². The second kappa shape index (κ2) is 13.9. The number of methoxy groups -OCH3 is 2. The van der Waals surface area contributed by atoms with E-state index in [1.165, 1.54) is 39.9 Å². The smallest absolute Gasteiger partial charge is 0.870 e. The van der Waals surface area contributed by atoms with Crippen LogP contribution in [-0.2, 0) is 17.1 Å². The van der Waals surface area contributed by atoms with Crippen molar-refractivity contribution < 1.29 is 36.8 Å². The van der Waals surface area contributed by atoms with Crippen LogP contribution in [0.5, 0.6) is 23.0 Å². The molecule has 2 aromatic rings. The zero-order valence-electron chi connectivity index (χ0n) is 19.3. The van der Waals surface area contributed by atoms with Gasteiger partial charge in [-0.15, -0.1) is 0 Å². The molecule has 181 valence electrons. The Morgan fingerprint density at radius 1 is 0.697 bits per heavy atom. The summed E-state index contributed by atoms with van der Waals surface area (Å²) in [4.78, 5) is 8.90. The minimum absolute atomic E-state index is 0. The number of rotatable bonds is 6. The van der Waals surface area contributed by atoms with E-state index in [4.69, 9.17) is 9.47 Å². The van der Waals surface area contributed by atoms with E-state index in [2.05, 4.69) is 9.98 Å². The summed E-state index contributed by atoms with van der Waals surface area (Å²) in [6.07, 6.45) is 13.0. The molecule has 2 aliphatic carbocycles. The van der Waals surface area contributed by atoms with Gasteiger partial charge in [0.1, 0.15) is 11.5 Å². The summed E-state index contributed by atoms with van der Waals surface area (Å²) in [6.45, 7) is 0. The van der Waals surface area contributed by atoms with Gasteiger partial charge < -0.3 is 19.7 Å². The molecule has 0 bridgehead atoms. The number of benzene rings is 2. The van der Waals surface area contributed by atoms with Crippen LogP contribution < -0.4 is 19.7 Å². The van der Waals surface area contributed by atoms with Crippen molar-refractivity contribution in [2.75, 3.05) is 14.2 Å². The third-order valence-corrected chi connectivity index (χ3v) is 5.96. The monoisotopic (exact) mass is 499 g/mol. The first-order chi connectivity index (χ1) is 15.6. The molecule has 0 spiro atoms. The molecule has 0 atom stereocenters. The second-order valence-corrected chi connectivity index (χ2v) is 8.19. The summed E-state index contributed by atoms with van der Waals surface area (Å²) < 4.78 is 9.97. The SMILES string of the molecule is COc1cccc(C=NC2CCCC2)c1[O-].COc1cccc(C=NC2CCCC2)c1[O-].[Cu+2]. The quantitative estimate of drug-likeness (QED) is 0.438. The van der Waals surface area contributed by atoms with Crippen LogP contribution in [0.25, 0.3) is 0 Å². The number of aliphatic imine (C=N–C) groups is 2. The zero-order chi connectivity index (χ0) is 22.8. The van der Waals surface area contributed by atoms with Crippen LogP contribution in [0.15, 0.2) is 46.4 Å². The minimum Gasteiger partial charge on any atom is -0.870 e. The van der Waals surface area contributed by atoms with Crippen molar-refractivity contribution in [1.82, 2.24) is 0 Å². The summed E-state index contributed by atoms with van der Waals surface area (Å²) in [7, 11) is 3.02. The van der Waals surface area contributed by atoms with E-state index in [9.17, 15) is 10.2 Å². The van der Waals surface area contributed by atoms with Crippen molar-refractivity contribution >= 4 is 12.4 Å². The normalized spacial score (nSPS) is 16.5. The fraction of sp³-hybridized carbons (Fsp3) is 0.462. The third-order valence-electron chi connectivity index (χ3n) is 5.96. The third kappa shape index (κ3) is 7.79. The van der Waals surface area contributed by atoms with Crippen LogP contribution >= 0.6 is 0 Å². The summed E-state index contributed by atoms with van der Waals surface area (Å²) >= 11 is 0. The molecule has 0 N–H and O–H groups in total. The summed E-state index contributed by atoms with van der Waals surface area (Å²) in [5.41, 5.74) is 1.23. The molecule has 0 aliphatic heterocycles. The van der Waals surface area contributed by atoms with E-state index < -0.39 is 0 Å². The molecular formula is C26H32CuN2O4. The number of nitrogens with zero attached hydrogens (tertiary/aromatic N) is 2. The Bertz CT molecular complexity index is 845. The fourth-order valence-electron chi connectivity index (χ4n) is 4.07. The number of para-hydroxylation sites is 2. The molecular weight excluding hydrogens is 468 g/mol. The molecule has 33 heavy (non-hydrogen) atoms. The van der Waals surface area contributed by atoms with Gasteiger partial charge in [-0.3, -0.25) is 9.98 Å². The Kier molecular flexibility index (Phi) is 11.3. The zero-order valence-corrected chi connectivity index (χ0v) is 20.2. The van der Waals surface area contributed by atoms with Gasteiger partial charge in [0.2, 0.25) is 0 Å². The summed E-state index contributed by atoms with van der Waals surface area (Å²) in [5.74, 6) is 0.615. The molecule has 2 aromatic carbocycles. The Balaban J connectivity index is 0.000000227. The first-order valence-corrected chi connectivity index (χ1v) is 11.4. The van der Waals surface area contributed by atoms with Crippen molar-refractivity contribution in [2.45, 2.75) is 63.5 Å². The van der Waals surface area contributed by atoms with Gasteiger partial charge in [0.05, 0.1) is 14.2 Å². The molecule has 0 aromatic heterocycles. The molecule has 2 fully saturated rings. The Labute approximate surface area is 207 Å². The molecule has 2 aliphatic rings. The van der Waals surface area contributed by atoms with Gasteiger partial charge in [-0.05, 0) is 48.9 Å². The maximum Gasteiger partial charge on any atom is 2.00 e. The van der Waals surface area contributed by atoms with Crippen LogP contribution in [0, 0.1) is 0 Å². The summed E-state index contributed by atoms with van der Waals surface area (Å²) in [6, 6.07) is 11.4. The van der Waals surface area contributed by atoms with Crippen molar-refractivity contribution in [1.29, 1.82) is 0 Å². The van der Waals surface area contributed by atoms with Gasteiger partial charge in [0.25, 0.3) is 0 Å². The summed E-state index contributed by atoms with van der Waals surface area (Å²) in [5, 5.41) is 23.6. The number of hydrogen-bond acceptors (Lipinski definition) is 6. The van der Waals surface area contributed by atoms with Crippen LogP contribution in [0.2, 0.25) is 0 Å². The number of ether oxygens (including phenoxy) is 2. The van der Waals surface area contributed by atoms with E-state index in [0.717, 1.165) is 25.7 Å². The average Bonchev–Trinajstić information content (AvgIpc) is 3.53. The predicted octanol–water partition coefficient (Wildman–Crippen LogP) is 4.26. The van der Waals surface area contributed by atoms with E-state index in [-0.39, 0.29) is 28.6 Å². The minimum atomic E-state index is -0.0771. The molecule has 6 nitrogen and oxygen atoms in total. The Morgan fingerprint density at radius 3 is 1.39 bits per heavy atom. The van der Waals surface area contributed by atoms with Gasteiger partial charge in [-0.2, -0.15) is 0 Å². The van der Waals surface area contributed by atoms with E-state index in [1.54, 1.807) is 36.7 Å². The van der Waals surface area contributed by atoms with Gasteiger partial charge in [-0.25, -0.2) is 0 Å². The molecule has 0 heterocycles. The van der Waals surface area contributed by atoms with Crippen LogP contribution in [0.1, 0.15) is 62.5 Å². The maximum absolute atomic E-state index is 11.8. The topological polar surface area (TPSA) is 89.3 Å². The van der Waals surface area contributed by atoms with Crippen molar-refractivity contribution in [3.8, 4) is 23.0 Å². The molecule has 2 saturated carbocycles. The van der Waals surface area contributed by atoms with E-state index >= 15 is 0 Å². The maximum atomic E-state index is 11.8. The van der Waals surface area contributed by atoms with Crippen molar-refractivity contribution in [3.05, 3.63) is 47.5 Å². The number of hydrogen-bond donors (Lipinski definition) is 0. The van der Waals surface area contributed by atoms with E-state index in [0.29, 0.717) is 34.7 Å². The largest absolute Gasteiger partial charge is 2.00 e. The molecule has 4 rings (SSSR count). The first-order valence-electron chi connectivity index (χ1n) is 11.4. The molecule has 0 unspecified atom stereocenters.